The molecule has 1 amide bonds. The van der Waals surface area contributed by atoms with Crippen molar-refractivity contribution < 1.29 is 14.5 Å². The zero-order valence-corrected chi connectivity index (χ0v) is 14.9. The lowest BCUT2D eigenvalue weighted by Gasteiger charge is -2.30. The molecule has 140 valence electrons. The largest absolute Gasteiger partial charge is 0.378 e. The molecule has 1 aliphatic heterocycles. The Morgan fingerprint density at radius 3 is 2.77 bits per heavy atom. The Morgan fingerprint density at radius 1 is 1.27 bits per heavy atom. The number of amides is 1. The lowest BCUT2D eigenvalue weighted by Crippen LogP contribution is -2.38. The van der Waals surface area contributed by atoms with Crippen LogP contribution in [0.3, 0.4) is 0 Å². The van der Waals surface area contributed by atoms with Crippen molar-refractivity contribution in [1.29, 1.82) is 0 Å². The number of nitrogens with one attached hydrogen (secondary N) is 1. The number of morpholine rings is 1. The molecule has 1 aliphatic carbocycles. The van der Waals surface area contributed by atoms with Crippen LogP contribution in [0.2, 0.25) is 0 Å². The van der Waals surface area contributed by atoms with E-state index in [0.717, 1.165) is 24.9 Å². The van der Waals surface area contributed by atoms with Crippen LogP contribution in [0, 0.1) is 10.1 Å². The first-order valence-corrected chi connectivity index (χ1v) is 9.22. The van der Waals surface area contributed by atoms with E-state index >= 15 is 0 Å². The number of hydrogen-bond donors (Lipinski definition) is 1. The fraction of sp³-hybridized carbons (Fsp3) is 0.526. The monoisotopic (exact) mass is 359 g/mol. The number of carbonyl (C=O) groups excluding carboxylic acids is 1. The van der Waals surface area contributed by atoms with Crippen LogP contribution in [0.4, 0.5) is 11.4 Å². The summed E-state index contributed by atoms with van der Waals surface area (Å²) < 4.78 is 5.36. The van der Waals surface area contributed by atoms with Crippen molar-refractivity contribution >= 4 is 17.3 Å². The number of anilines is 1. The van der Waals surface area contributed by atoms with Gasteiger partial charge in [-0.25, -0.2) is 0 Å². The summed E-state index contributed by atoms with van der Waals surface area (Å²) in [4.78, 5) is 25.4. The second kappa shape index (κ2) is 8.80. The van der Waals surface area contributed by atoms with Gasteiger partial charge < -0.3 is 15.0 Å². The molecule has 0 spiro atoms. The van der Waals surface area contributed by atoms with Crippen molar-refractivity contribution in [2.75, 3.05) is 37.7 Å². The van der Waals surface area contributed by atoms with Crippen molar-refractivity contribution in [1.82, 2.24) is 5.32 Å². The zero-order chi connectivity index (χ0) is 18.4. The van der Waals surface area contributed by atoms with E-state index in [1.165, 1.54) is 30.5 Å². The Morgan fingerprint density at radius 2 is 2.08 bits per heavy atom. The molecule has 3 rings (SSSR count). The van der Waals surface area contributed by atoms with Gasteiger partial charge in [0.1, 0.15) is 0 Å². The molecule has 1 aromatic carbocycles. The average Bonchev–Trinajstić information content (AvgIpc) is 2.69. The highest BCUT2D eigenvalue weighted by molar-refractivity contribution is 6.00. The Bertz CT molecular complexity index is 696. The van der Waals surface area contributed by atoms with Crippen molar-refractivity contribution in [2.45, 2.75) is 32.1 Å². The number of allylic oxidation sites excluding steroid dienone is 1. The van der Waals surface area contributed by atoms with Crippen LogP contribution < -0.4 is 10.2 Å². The van der Waals surface area contributed by atoms with E-state index in [2.05, 4.69) is 11.4 Å². The maximum Gasteiger partial charge on any atom is 0.270 e. The fourth-order valence-electron chi connectivity index (χ4n) is 3.46. The van der Waals surface area contributed by atoms with Gasteiger partial charge in [-0.2, -0.15) is 0 Å². The highest BCUT2D eigenvalue weighted by Crippen LogP contribution is 2.26. The summed E-state index contributed by atoms with van der Waals surface area (Å²) in [6, 6.07) is 4.50. The number of nitro groups is 1. The standard InChI is InChI=1S/C19H25N3O4/c23-19(20-9-8-15-4-2-1-3-5-15)17-14-16(22(24)25)6-7-18(17)21-10-12-26-13-11-21/h4,6-7,14H,1-3,5,8-13H2,(H,20,23). The summed E-state index contributed by atoms with van der Waals surface area (Å²) in [6.07, 6.45) is 7.79. The summed E-state index contributed by atoms with van der Waals surface area (Å²) in [5, 5.41) is 14.0. The van der Waals surface area contributed by atoms with Crippen LogP contribution in [-0.4, -0.2) is 43.7 Å². The van der Waals surface area contributed by atoms with E-state index in [-0.39, 0.29) is 11.6 Å². The molecule has 2 aliphatic rings. The number of non-ortho nitro benzene ring substituents is 1. The van der Waals surface area contributed by atoms with Gasteiger partial charge >= 0.3 is 0 Å². The third-order valence-corrected chi connectivity index (χ3v) is 4.90. The molecule has 1 N–H and O–H groups in total. The molecule has 26 heavy (non-hydrogen) atoms. The van der Waals surface area contributed by atoms with Crippen molar-refractivity contribution in [3.63, 3.8) is 0 Å². The molecular formula is C19H25N3O4. The minimum Gasteiger partial charge on any atom is -0.378 e. The highest BCUT2D eigenvalue weighted by Gasteiger charge is 2.22. The Balaban J connectivity index is 1.72. The molecule has 1 aromatic rings. The summed E-state index contributed by atoms with van der Waals surface area (Å²) in [5.74, 6) is -0.258. The zero-order valence-electron chi connectivity index (χ0n) is 14.9. The van der Waals surface area contributed by atoms with Crippen LogP contribution in [0.5, 0.6) is 0 Å². The molecule has 1 heterocycles. The maximum atomic E-state index is 12.7. The molecule has 0 bridgehead atoms. The van der Waals surface area contributed by atoms with Gasteiger partial charge in [0.15, 0.2) is 0 Å². The van der Waals surface area contributed by atoms with E-state index in [1.54, 1.807) is 6.07 Å². The minimum atomic E-state index is -0.466. The quantitative estimate of drug-likeness (QED) is 0.479. The number of rotatable bonds is 6. The highest BCUT2D eigenvalue weighted by atomic mass is 16.6. The number of nitrogens with zero attached hydrogens (tertiary/aromatic N) is 2. The summed E-state index contributed by atoms with van der Waals surface area (Å²) in [5.41, 5.74) is 2.41. The lowest BCUT2D eigenvalue weighted by atomic mass is 9.97. The molecule has 0 unspecified atom stereocenters. The topological polar surface area (TPSA) is 84.7 Å². The first-order valence-electron chi connectivity index (χ1n) is 9.22. The Labute approximate surface area is 153 Å². The molecule has 0 atom stereocenters. The first kappa shape index (κ1) is 18.4. The Hall–Kier alpha value is -2.41. The SMILES string of the molecule is O=C(NCCC1=CCCCC1)c1cc([N+](=O)[O-])ccc1N1CCOCC1. The van der Waals surface area contributed by atoms with Gasteiger partial charge in [-0.1, -0.05) is 11.6 Å². The molecule has 1 saturated heterocycles. The fourth-order valence-corrected chi connectivity index (χ4v) is 3.46. The summed E-state index contributed by atoms with van der Waals surface area (Å²) in [6.45, 7) is 3.07. The van der Waals surface area contributed by atoms with Gasteiger partial charge in [-0.15, -0.1) is 0 Å². The van der Waals surface area contributed by atoms with Gasteiger partial charge in [0.05, 0.1) is 29.4 Å². The number of ether oxygens (including phenoxy) is 1. The minimum absolute atomic E-state index is 0.0675. The molecule has 0 radical (unpaired) electrons. The summed E-state index contributed by atoms with van der Waals surface area (Å²) >= 11 is 0. The predicted octanol–water partition coefficient (Wildman–Crippen LogP) is 3.05. The Kier molecular flexibility index (Phi) is 6.22. The number of benzene rings is 1. The van der Waals surface area contributed by atoms with Gasteiger partial charge in [0, 0.05) is 31.8 Å². The van der Waals surface area contributed by atoms with Gasteiger partial charge in [0.25, 0.3) is 11.6 Å². The molecule has 0 aromatic heterocycles. The van der Waals surface area contributed by atoms with E-state index in [1.807, 2.05) is 4.90 Å². The molecule has 7 heteroatoms. The van der Waals surface area contributed by atoms with Crippen LogP contribution in [0.15, 0.2) is 29.8 Å². The van der Waals surface area contributed by atoms with E-state index < -0.39 is 4.92 Å². The van der Waals surface area contributed by atoms with Gasteiger partial charge in [0.2, 0.25) is 0 Å². The number of carbonyl (C=O) groups is 1. The van der Waals surface area contributed by atoms with Crippen molar-refractivity contribution in [3.8, 4) is 0 Å². The third kappa shape index (κ3) is 4.60. The molecule has 1 fully saturated rings. The van der Waals surface area contributed by atoms with E-state index in [0.29, 0.717) is 38.4 Å². The number of nitro benzene ring substituents is 1. The van der Waals surface area contributed by atoms with Crippen LogP contribution >= 0.6 is 0 Å². The van der Waals surface area contributed by atoms with Crippen LogP contribution in [-0.2, 0) is 4.74 Å². The molecular weight excluding hydrogens is 334 g/mol. The van der Waals surface area contributed by atoms with Crippen LogP contribution in [0.25, 0.3) is 0 Å². The number of hydrogen-bond acceptors (Lipinski definition) is 5. The van der Waals surface area contributed by atoms with E-state index in [4.69, 9.17) is 4.74 Å². The van der Waals surface area contributed by atoms with Gasteiger partial charge in [-0.05, 0) is 38.2 Å². The second-order valence-corrected chi connectivity index (χ2v) is 6.67. The average molecular weight is 359 g/mol. The molecule has 7 nitrogen and oxygen atoms in total. The predicted molar refractivity (Wildman–Crippen MR) is 99.6 cm³/mol. The van der Waals surface area contributed by atoms with Crippen molar-refractivity contribution in [2.24, 2.45) is 0 Å². The molecule has 0 saturated carbocycles. The summed E-state index contributed by atoms with van der Waals surface area (Å²) in [7, 11) is 0. The van der Waals surface area contributed by atoms with Gasteiger partial charge in [-0.3, -0.25) is 14.9 Å². The third-order valence-electron chi connectivity index (χ3n) is 4.90. The van der Waals surface area contributed by atoms with Crippen molar-refractivity contribution in [3.05, 3.63) is 45.5 Å². The smallest absolute Gasteiger partial charge is 0.270 e. The van der Waals surface area contributed by atoms with E-state index in [9.17, 15) is 14.9 Å². The maximum absolute atomic E-state index is 12.7. The first-order chi connectivity index (χ1) is 12.6. The second-order valence-electron chi connectivity index (χ2n) is 6.67. The lowest BCUT2D eigenvalue weighted by molar-refractivity contribution is -0.384. The van der Waals surface area contributed by atoms with Crippen LogP contribution in [0.1, 0.15) is 42.5 Å². The normalized spacial score (nSPS) is 17.5.